The van der Waals surface area contributed by atoms with Crippen LogP contribution in [0.25, 0.3) is 10.9 Å². The number of benzene rings is 1. The van der Waals surface area contributed by atoms with Crippen molar-refractivity contribution in [3.8, 4) is 0 Å². The highest BCUT2D eigenvalue weighted by atomic mass is 16.2. The van der Waals surface area contributed by atoms with Gasteiger partial charge in [0.1, 0.15) is 6.04 Å². The molecule has 6 heteroatoms. The van der Waals surface area contributed by atoms with Crippen LogP contribution >= 0.6 is 0 Å². The van der Waals surface area contributed by atoms with Crippen LogP contribution in [0.3, 0.4) is 0 Å². The van der Waals surface area contributed by atoms with Crippen LogP contribution in [0.5, 0.6) is 0 Å². The molecule has 0 saturated carbocycles. The molecule has 2 heterocycles. The summed E-state index contributed by atoms with van der Waals surface area (Å²) in [5.74, 6) is 0.128. The molecule has 1 aromatic carbocycles. The summed E-state index contributed by atoms with van der Waals surface area (Å²) in [4.78, 5) is 22.7. The van der Waals surface area contributed by atoms with Crippen LogP contribution in [0, 0.1) is 0 Å². The molecule has 1 fully saturated rings. The van der Waals surface area contributed by atoms with Crippen molar-refractivity contribution in [2.75, 3.05) is 5.32 Å². The Morgan fingerprint density at radius 1 is 1.28 bits per heavy atom. The second-order valence-corrected chi connectivity index (χ2v) is 4.27. The number of aromatic amines is 1. The van der Waals surface area contributed by atoms with Gasteiger partial charge in [0.25, 0.3) is 0 Å². The van der Waals surface area contributed by atoms with Crippen molar-refractivity contribution in [2.24, 2.45) is 0 Å². The van der Waals surface area contributed by atoms with Gasteiger partial charge in [0.05, 0.1) is 5.52 Å². The number of anilines is 1. The molecule has 0 radical (unpaired) electrons. The highest BCUT2D eigenvalue weighted by Crippen LogP contribution is 2.21. The van der Waals surface area contributed by atoms with E-state index in [-0.39, 0.29) is 11.8 Å². The van der Waals surface area contributed by atoms with E-state index < -0.39 is 6.04 Å². The van der Waals surface area contributed by atoms with Crippen molar-refractivity contribution >= 4 is 28.5 Å². The summed E-state index contributed by atoms with van der Waals surface area (Å²) in [6.45, 7) is 0. The third-order valence-electron chi connectivity index (χ3n) is 3.02. The van der Waals surface area contributed by atoms with Gasteiger partial charge in [0.15, 0.2) is 5.82 Å². The number of rotatable bonds is 2. The maximum Gasteiger partial charge on any atom is 0.249 e. The van der Waals surface area contributed by atoms with E-state index in [0.29, 0.717) is 18.7 Å². The van der Waals surface area contributed by atoms with Gasteiger partial charge in [-0.2, -0.15) is 5.10 Å². The van der Waals surface area contributed by atoms with Crippen LogP contribution in [-0.4, -0.2) is 28.1 Å². The van der Waals surface area contributed by atoms with E-state index in [1.165, 1.54) is 0 Å². The molecule has 0 aliphatic carbocycles. The number of aromatic nitrogens is 2. The minimum absolute atomic E-state index is 0.218. The van der Waals surface area contributed by atoms with Gasteiger partial charge < -0.3 is 5.32 Å². The second kappa shape index (κ2) is 4.14. The first-order valence-corrected chi connectivity index (χ1v) is 5.77. The summed E-state index contributed by atoms with van der Waals surface area (Å²) in [5, 5.41) is 13.3. The maximum absolute atomic E-state index is 11.6. The summed E-state index contributed by atoms with van der Waals surface area (Å²) < 4.78 is 0. The summed E-state index contributed by atoms with van der Waals surface area (Å²) in [6, 6.07) is 7.25. The Bertz CT molecular complexity index is 619. The van der Waals surface area contributed by atoms with Gasteiger partial charge >= 0.3 is 0 Å². The molecule has 92 valence electrons. The summed E-state index contributed by atoms with van der Waals surface area (Å²) in [6.07, 6.45) is 0.845. The molecule has 6 nitrogen and oxygen atoms in total. The number of nitrogens with one attached hydrogen (secondary N) is 3. The lowest BCUT2D eigenvalue weighted by molar-refractivity contribution is -0.133. The number of H-pyrrole nitrogens is 1. The smallest absolute Gasteiger partial charge is 0.249 e. The van der Waals surface area contributed by atoms with Gasteiger partial charge in [0.2, 0.25) is 11.8 Å². The Labute approximate surface area is 103 Å². The minimum atomic E-state index is -0.408. The van der Waals surface area contributed by atoms with Gasteiger partial charge in [-0.05, 0) is 18.6 Å². The van der Waals surface area contributed by atoms with E-state index in [1.807, 2.05) is 24.3 Å². The zero-order chi connectivity index (χ0) is 12.5. The summed E-state index contributed by atoms with van der Waals surface area (Å²) >= 11 is 0. The molecule has 1 aromatic heterocycles. The van der Waals surface area contributed by atoms with E-state index in [4.69, 9.17) is 0 Å². The molecule has 3 rings (SSSR count). The van der Waals surface area contributed by atoms with E-state index >= 15 is 0 Å². The fourth-order valence-corrected chi connectivity index (χ4v) is 2.07. The molecule has 0 spiro atoms. The second-order valence-electron chi connectivity index (χ2n) is 4.27. The lowest BCUT2D eigenvalue weighted by Gasteiger charge is -2.21. The number of para-hydroxylation sites is 1. The molecule has 1 aliphatic heterocycles. The number of piperidine rings is 1. The minimum Gasteiger partial charge on any atom is -0.356 e. The summed E-state index contributed by atoms with van der Waals surface area (Å²) in [7, 11) is 0. The molecule has 0 bridgehead atoms. The third kappa shape index (κ3) is 1.81. The number of hydrogen-bond acceptors (Lipinski definition) is 4. The molecule has 1 unspecified atom stereocenters. The largest absolute Gasteiger partial charge is 0.356 e. The van der Waals surface area contributed by atoms with Crippen molar-refractivity contribution in [1.82, 2.24) is 15.5 Å². The number of amides is 2. The van der Waals surface area contributed by atoms with Crippen LogP contribution in [-0.2, 0) is 9.59 Å². The Balaban J connectivity index is 1.84. The molecule has 18 heavy (non-hydrogen) atoms. The Morgan fingerprint density at radius 3 is 2.94 bits per heavy atom. The average molecular weight is 244 g/mol. The van der Waals surface area contributed by atoms with Crippen molar-refractivity contribution in [2.45, 2.75) is 18.9 Å². The normalized spacial score (nSPS) is 19.9. The fraction of sp³-hybridized carbons (Fsp3) is 0.250. The monoisotopic (exact) mass is 244 g/mol. The predicted molar refractivity (Wildman–Crippen MR) is 65.9 cm³/mol. The van der Waals surface area contributed by atoms with Gasteiger partial charge in [0, 0.05) is 11.8 Å². The van der Waals surface area contributed by atoms with Crippen LogP contribution in [0.4, 0.5) is 5.82 Å². The Hall–Kier alpha value is -2.37. The Kier molecular flexibility index (Phi) is 2.47. The van der Waals surface area contributed by atoms with Gasteiger partial charge in [-0.3, -0.25) is 20.0 Å². The van der Waals surface area contributed by atoms with Crippen molar-refractivity contribution < 1.29 is 9.59 Å². The van der Waals surface area contributed by atoms with Crippen LogP contribution in [0.15, 0.2) is 24.3 Å². The quantitative estimate of drug-likeness (QED) is 0.681. The Morgan fingerprint density at radius 2 is 2.11 bits per heavy atom. The van der Waals surface area contributed by atoms with Crippen LogP contribution < -0.4 is 10.6 Å². The first-order valence-electron chi connectivity index (χ1n) is 5.77. The fourth-order valence-electron chi connectivity index (χ4n) is 2.07. The maximum atomic E-state index is 11.6. The third-order valence-corrected chi connectivity index (χ3v) is 3.02. The van der Waals surface area contributed by atoms with Crippen molar-refractivity contribution in [3.05, 3.63) is 24.3 Å². The van der Waals surface area contributed by atoms with E-state index in [9.17, 15) is 9.59 Å². The molecule has 1 atom stereocenters. The molecule has 3 N–H and O–H groups in total. The molecule has 1 saturated heterocycles. The highest BCUT2D eigenvalue weighted by molar-refractivity contribution is 6.02. The van der Waals surface area contributed by atoms with Crippen molar-refractivity contribution in [3.63, 3.8) is 0 Å². The molecular formula is C12H12N4O2. The number of carbonyl (C=O) groups is 2. The zero-order valence-electron chi connectivity index (χ0n) is 9.56. The van der Waals surface area contributed by atoms with Crippen LogP contribution in [0.2, 0.25) is 0 Å². The van der Waals surface area contributed by atoms with E-state index in [2.05, 4.69) is 20.8 Å². The molecular weight excluding hydrogens is 232 g/mol. The zero-order valence-corrected chi connectivity index (χ0v) is 9.56. The molecule has 1 aliphatic rings. The standard InChI is InChI=1S/C12H12N4O2/c17-10-6-5-9(12(18)14-10)13-11-7-3-1-2-4-8(7)15-16-11/h1-4,9H,5-6H2,(H2,13,15,16)(H,14,17,18). The topological polar surface area (TPSA) is 86.9 Å². The van der Waals surface area contributed by atoms with Gasteiger partial charge in [-0.1, -0.05) is 12.1 Å². The van der Waals surface area contributed by atoms with Crippen LogP contribution in [0.1, 0.15) is 12.8 Å². The lowest BCUT2D eigenvalue weighted by atomic mass is 10.1. The van der Waals surface area contributed by atoms with E-state index in [0.717, 1.165) is 10.9 Å². The number of fused-ring (bicyclic) bond motifs is 1. The van der Waals surface area contributed by atoms with Gasteiger partial charge in [-0.25, -0.2) is 0 Å². The first kappa shape index (κ1) is 10.8. The molecule has 2 amide bonds. The average Bonchev–Trinajstić information content (AvgIpc) is 2.76. The SMILES string of the molecule is O=C1CCC(Nc2n[nH]c3ccccc23)C(=O)N1. The van der Waals surface area contributed by atoms with E-state index in [1.54, 1.807) is 0 Å². The number of hydrogen-bond donors (Lipinski definition) is 3. The molecule has 2 aromatic rings. The summed E-state index contributed by atoms with van der Waals surface area (Å²) in [5.41, 5.74) is 0.910. The number of imide groups is 1. The number of nitrogens with zero attached hydrogens (tertiary/aromatic N) is 1. The number of carbonyl (C=O) groups excluding carboxylic acids is 2. The van der Waals surface area contributed by atoms with Crippen molar-refractivity contribution in [1.29, 1.82) is 0 Å². The van der Waals surface area contributed by atoms with Gasteiger partial charge in [-0.15, -0.1) is 0 Å². The lowest BCUT2D eigenvalue weighted by Crippen LogP contribution is -2.47. The first-order chi connectivity index (χ1) is 8.74. The highest BCUT2D eigenvalue weighted by Gasteiger charge is 2.27. The predicted octanol–water partition coefficient (Wildman–Crippen LogP) is 0.780.